The lowest BCUT2D eigenvalue weighted by molar-refractivity contribution is -0.158. The van der Waals surface area contributed by atoms with Crippen molar-refractivity contribution in [3.8, 4) is 5.75 Å². The molecule has 0 amide bonds. The van der Waals surface area contributed by atoms with Gasteiger partial charge < -0.3 is 24.3 Å². The van der Waals surface area contributed by atoms with Gasteiger partial charge in [-0.2, -0.15) is 5.09 Å². The lowest BCUT2D eigenvalue weighted by Crippen LogP contribution is -2.44. The van der Waals surface area contributed by atoms with Gasteiger partial charge in [-0.15, -0.1) is 0 Å². The summed E-state index contributed by atoms with van der Waals surface area (Å²) in [5.41, 5.74) is 7.68. The molecule has 0 fully saturated rings. The van der Waals surface area contributed by atoms with Crippen LogP contribution in [0, 0.1) is 5.92 Å². The number of carbonyl (C=O) groups is 1. The minimum Gasteiger partial charge on any atom is -0.459 e. The zero-order valence-corrected chi connectivity index (χ0v) is 28.5. The lowest BCUT2D eigenvalue weighted by Gasteiger charge is -2.30. The molecule has 2 aromatic heterocycles. The monoisotopic (exact) mass is 659 g/mol. The first kappa shape index (κ1) is 34.7. The molecule has 0 spiro atoms. The molecule has 3 N–H and O–H groups in total. The van der Waals surface area contributed by atoms with Gasteiger partial charge in [0.25, 0.3) is 0 Å². The van der Waals surface area contributed by atoms with Crippen LogP contribution in [0.25, 0.3) is 21.9 Å². The minimum absolute atomic E-state index is 0.0609. The van der Waals surface area contributed by atoms with E-state index in [0.29, 0.717) is 35.2 Å². The Labute approximate surface area is 269 Å². The molecule has 0 aliphatic heterocycles. The molecule has 4 aromatic rings. The number of aromatic nitrogens is 3. The van der Waals surface area contributed by atoms with Crippen molar-refractivity contribution in [3.63, 3.8) is 0 Å². The van der Waals surface area contributed by atoms with Crippen molar-refractivity contribution in [1.29, 1.82) is 0 Å². The molecule has 244 valence electrons. The molecule has 0 saturated carbocycles. The van der Waals surface area contributed by atoms with Crippen molar-refractivity contribution >= 4 is 53.1 Å². The van der Waals surface area contributed by atoms with E-state index in [-0.39, 0.29) is 30.9 Å². The SMILES string of the molecule is CCOCc1nc2c(N)nc3ccccc3c2n1[C@H](CC)CO[P@@](=O)(N[C@H](C(=O)OC(C)(C)C)C(C)C)Oc1ccc(Cl)cc1. The van der Waals surface area contributed by atoms with E-state index in [1.807, 2.05) is 56.5 Å². The maximum atomic E-state index is 14.6. The van der Waals surface area contributed by atoms with Crippen LogP contribution in [-0.2, 0) is 30.0 Å². The summed E-state index contributed by atoms with van der Waals surface area (Å²) in [6.45, 7) is 13.5. The molecule has 3 atom stereocenters. The maximum absolute atomic E-state index is 14.6. The number of halogens is 1. The van der Waals surface area contributed by atoms with Gasteiger partial charge in [0.05, 0.1) is 23.7 Å². The first-order valence-corrected chi connectivity index (χ1v) is 17.0. The number of esters is 1. The van der Waals surface area contributed by atoms with Gasteiger partial charge in [-0.1, -0.05) is 50.6 Å². The van der Waals surface area contributed by atoms with E-state index < -0.39 is 25.4 Å². The highest BCUT2D eigenvalue weighted by atomic mass is 35.5. The van der Waals surface area contributed by atoms with Crippen molar-refractivity contribution in [2.75, 3.05) is 18.9 Å². The van der Waals surface area contributed by atoms with Gasteiger partial charge in [0.1, 0.15) is 35.3 Å². The van der Waals surface area contributed by atoms with Crippen molar-refractivity contribution in [3.05, 3.63) is 59.4 Å². The molecule has 0 aliphatic carbocycles. The van der Waals surface area contributed by atoms with E-state index in [0.717, 1.165) is 16.4 Å². The highest BCUT2D eigenvalue weighted by molar-refractivity contribution is 7.52. The van der Waals surface area contributed by atoms with Gasteiger partial charge in [0.15, 0.2) is 5.82 Å². The van der Waals surface area contributed by atoms with Crippen LogP contribution >= 0.6 is 19.3 Å². The van der Waals surface area contributed by atoms with E-state index in [1.165, 1.54) is 0 Å². The van der Waals surface area contributed by atoms with E-state index in [4.69, 9.17) is 40.8 Å². The standard InChI is InChI=1S/C32H43ClN5O6P/c1-8-22(38-26(19-41-9-2)36-28-29(38)24-12-10-11-13-25(24)35-30(28)34)18-42-45(40,44-23-16-14-21(33)15-17-23)37-27(20(3)4)31(39)43-32(5,6)7/h10-17,20,22,27H,8-9,18-19H2,1-7H3,(H2,34,35)(H,37,40)/t22-,27+,45+/m1/s1. The summed E-state index contributed by atoms with van der Waals surface area (Å²) in [4.78, 5) is 22.6. The van der Waals surface area contributed by atoms with Crippen LogP contribution < -0.4 is 15.3 Å². The normalized spacial score (nSPS) is 14.9. The summed E-state index contributed by atoms with van der Waals surface area (Å²) < 4.78 is 40.2. The topological polar surface area (TPSA) is 140 Å². The van der Waals surface area contributed by atoms with E-state index >= 15 is 0 Å². The fourth-order valence-corrected chi connectivity index (χ4v) is 6.67. The minimum atomic E-state index is -4.20. The van der Waals surface area contributed by atoms with Gasteiger partial charge in [-0.3, -0.25) is 9.32 Å². The molecule has 0 unspecified atom stereocenters. The Morgan fingerprint density at radius 2 is 1.78 bits per heavy atom. The Morgan fingerprint density at radius 3 is 2.40 bits per heavy atom. The van der Waals surface area contributed by atoms with Crippen LogP contribution in [0.15, 0.2) is 48.5 Å². The number of ether oxygens (including phenoxy) is 2. The van der Waals surface area contributed by atoms with Crippen LogP contribution in [0.1, 0.15) is 66.8 Å². The number of carbonyl (C=O) groups excluding carboxylic acids is 1. The number of anilines is 1. The van der Waals surface area contributed by atoms with Crippen molar-refractivity contribution in [1.82, 2.24) is 19.6 Å². The number of benzene rings is 2. The van der Waals surface area contributed by atoms with Gasteiger partial charge in [0, 0.05) is 17.0 Å². The third-order valence-electron chi connectivity index (χ3n) is 7.00. The van der Waals surface area contributed by atoms with Crippen molar-refractivity contribution in [2.24, 2.45) is 5.92 Å². The number of para-hydroxylation sites is 1. The van der Waals surface area contributed by atoms with Gasteiger partial charge in [0.2, 0.25) is 0 Å². The number of rotatable bonds is 14. The first-order chi connectivity index (χ1) is 21.2. The van der Waals surface area contributed by atoms with Gasteiger partial charge in [-0.05, 0) is 70.4 Å². The number of hydrogen-bond donors (Lipinski definition) is 2. The first-order valence-electron chi connectivity index (χ1n) is 15.1. The second-order valence-electron chi connectivity index (χ2n) is 12.0. The molecular weight excluding hydrogens is 617 g/mol. The van der Waals surface area contributed by atoms with Crippen LogP contribution in [0.3, 0.4) is 0 Å². The Balaban J connectivity index is 1.75. The average molecular weight is 660 g/mol. The summed E-state index contributed by atoms with van der Waals surface area (Å²) in [6.07, 6.45) is 0.571. The maximum Gasteiger partial charge on any atom is 0.459 e. The van der Waals surface area contributed by atoms with E-state index in [1.54, 1.807) is 45.0 Å². The smallest absolute Gasteiger partial charge is 0.459 e. The number of nitrogen functional groups attached to an aromatic ring is 1. The number of nitrogens with one attached hydrogen (secondary N) is 1. The molecular formula is C32H43ClN5O6P. The second kappa shape index (κ2) is 14.5. The highest BCUT2D eigenvalue weighted by Crippen LogP contribution is 2.47. The molecule has 0 aliphatic rings. The third kappa shape index (κ3) is 8.54. The fourth-order valence-electron chi connectivity index (χ4n) is 4.85. The predicted octanol–water partition coefficient (Wildman–Crippen LogP) is 7.47. The summed E-state index contributed by atoms with van der Waals surface area (Å²) in [5, 5.41) is 4.24. The molecule has 2 heterocycles. The average Bonchev–Trinajstić information content (AvgIpc) is 3.36. The summed E-state index contributed by atoms with van der Waals surface area (Å²) in [6, 6.07) is 12.7. The third-order valence-corrected chi connectivity index (χ3v) is 8.79. The van der Waals surface area contributed by atoms with E-state index in [9.17, 15) is 9.36 Å². The number of pyridine rings is 1. The lowest BCUT2D eigenvalue weighted by atomic mass is 10.1. The number of nitrogens with zero attached hydrogens (tertiary/aromatic N) is 3. The largest absolute Gasteiger partial charge is 0.459 e. The quantitative estimate of drug-likeness (QED) is 0.103. The van der Waals surface area contributed by atoms with Crippen LogP contribution in [-0.4, -0.2) is 45.4 Å². The predicted molar refractivity (Wildman–Crippen MR) is 177 cm³/mol. The summed E-state index contributed by atoms with van der Waals surface area (Å²) in [5.74, 6) is 0.311. The Morgan fingerprint density at radius 1 is 1.09 bits per heavy atom. The molecule has 2 aromatic carbocycles. The number of nitrogens with two attached hydrogens (primary N) is 1. The number of imidazole rings is 1. The van der Waals surface area contributed by atoms with Crippen LogP contribution in [0.4, 0.5) is 5.82 Å². The van der Waals surface area contributed by atoms with Crippen molar-refractivity contribution < 1.29 is 27.9 Å². The Hall–Kier alpha value is -3.21. The molecule has 45 heavy (non-hydrogen) atoms. The molecule has 0 bridgehead atoms. The fraction of sp³-hybridized carbons (Fsp3) is 0.469. The van der Waals surface area contributed by atoms with Gasteiger partial charge >= 0.3 is 13.7 Å². The zero-order valence-electron chi connectivity index (χ0n) is 26.9. The van der Waals surface area contributed by atoms with Crippen molar-refractivity contribution in [2.45, 2.75) is 79.2 Å². The molecule has 11 nitrogen and oxygen atoms in total. The van der Waals surface area contributed by atoms with E-state index in [2.05, 4.69) is 10.1 Å². The van der Waals surface area contributed by atoms with Crippen LogP contribution in [0.5, 0.6) is 5.75 Å². The highest BCUT2D eigenvalue weighted by Gasteiger charge is 2.38. The molecule has 0 saturated heterocycles. The van der Waals surface area contributed by atoms with Gasteiger partial charge in [-0.25, -0.2) is 14.5 Å². The second-order valence-corrected chi connectivity index (χ2v) is 14.2. The van der Waals surface area contributed by atoms with Crippen LogP contribution in [0.2, 0.25) is 5.02 Å². The molecule has 13 heteroatoms. The molecule has 0 radical (unpaired) electrons. The Bertz CT molecular complexity index is 1670. The Kier molecular flexibility index (Phi) is 11.2. The number of hydrogen-bond acceptors (Lipinski definition) is 9. The zero-order chi connectivity index (χ0) is 32.9. The number of fused-ring (bicyclic) bond motifs is 3. The summed E-state index contributed by atoms with van der Waals surface area (Å²) >= 11 is 6.08. The molecule has 4 rings (SSSR count). The summed E-state index contributed by atoms with van der Waals surface area (Å²) in [7, 11) is -4.20.